The van der Waals surface area contributed by atoms with Gasteiger partial charge in [0.1, 0.15) is 16.7 Å². The van der Waals surface area contributed by atoms with Gasteiger partial charge in [0, 0.05) is 44.0 Å². The number of aromatic nitrogens is 2. The van der Waals surface area contributed by atoms with Gasteiger partial charge in [-0.05, 0) is 54.7 Å². The molecule has 11 heteroatoms. The van der Waals surface area contributed by atoms with Gasteiger partial charge in [0.2, 0.25) is 10.0 Å². The molecule has 2 fully saturated rings. The van der Waals surface area contributed by atoms with E-state index >= 15 is 0 Å². The summed E-state index contributed by atoms with van der Waals surface area (Å²) in [4.78, 5) is 21.3. The molecule has 0 atom stereocenters. The van der Waals surface area contributed by atoms with E-state index in [-0.39, 0.29) is 29.7 Å². The van der Waals surface area contributed by atoms with E-state index in [1.54, 1.807) is 10.5 Å². The maximum Gasteiger partial charge on any atom is 0.321 e. The number of halogens is 2. The number of piperidine rings is 1. The van der Waals surface area contributed by atoms with Crippen molar-refractivity contribution < 1.29 is 17.6 Å². The van der Waals surface area contributed by atoms with Gasteiger partial charge in [-0.15, -0.1) is 0 Å². The van der Waals surface area contributed by atoms with E-state index in [0.717, 1.165) is 29.9 Å². The first kappa shape index (κ1) is 22.1. The molecule has 4 heterocycles. The summed E-state index contributed by atoms with van der Waals surface area (Å²) in [5, 5.41) is 3.19. The summed E-state index contributed by atoms with van der Waals surface area (Å²) >= 11 is 5.98. The van der Waals surface area contributed by atoms with Crippen LogP contribution in [-0.2, 0) is 10.0 Å². The maximum atomic E-state index is 13.4. The average Bonchev–Trinajstić information content (AvgIpc) is 3.19. The minimum absolute atomic E-state index is 0.0924. The number of pyridine rings is 1. The molecule has 2 saturated heterocycles. The van der Waals surface area contributed by atoms with Crippen LogP contribution in [0, 0.1) is 5.82 Å². The van der Waals surface area contributed by atoms with Crippen molar-refractivity contribution in [3.05, 3.63) is 59.1 Å². The number of nitrogens with zero attached hydrogens (tertiary/aromatic N) is 3. The van der Waals surface area contributed by atoms with Gasteiger partial charge in [-0.1, -0.05) is 11.6 Å². The van der Waals surface area contributed by atoms with Gasteiger partial charge in [0.15, 0.2) is 0 Å². The molecular formula is C22H23ClFN5O3S. The number of nitrogens with one attached hydrogen (secondary N) is 2. The Morgan fingerprint density at radius 2 is 1.97 bits per heavy atom. The molecule has 3 aromatic rings. The molecule has 0 saturated carbocycles. The maximum absolute atomic E-state index is 13.4. The number of likely N-dealkylation sites (tertiary alicyclic amines) is 1. The zero-order valence-electron chi connectivity index (χ0n) is 17.7. The van der Waals surface area contributed by atoms with E-state index in [4.69, 9.17) is 11.6 Å². The highest BCUT2D eigenvalue weighted by Crippen LogP contribution is 2.34. The molecule has 0 spiro atoms. The van der Waals surface area contributed by atoms with Crippen molar-refractivity contribution in [3.8, 4) is 0 Å². The standard InChI is InChI=1S/C22H23ClFN5O3S/c23-19-4-3-15(24)10-20(19)27-22(30)28-12-16(13-28)33(31,32)29-8-5-14(6-9-29)18-11-26-21-17(18)2-1-7-25-21/h1-4,7,10-11,14,16H,5-6,8-9,12-13H2,(H,25,26)(H,27,30). The van der Waals surface area contributed by atoms with Crippen LogP contribution in [0.25, 0.3) is 11.0 Å². The summed E-state index contributed by atoms with van der Waals surface area (Å²) in [5.74, 6) is -0.250. The number of urea groups is 1. The fourth-order valence-corrected chi connectivity index (χ4v) is 6.57. The summed E-state index contributed by atoms with van der Waals surface area (Å²) in [6.45, 7) is 1.08. The van der Waals surface area contributed by atoms with E-state index in [9.17, 15) is 17.6 Å². The second-order valence-corrected chi connectivity index (χ2v) is 11.1. The van der Waals surface area contributed by atoms with Crippen LogP contribution in [0.3, 0.4) is 0 Å². The van der Waals surface area contributed by atoms with Crippen molar-refractivity contribution in [2.24, 2.45) is 0 Å². The SMILES string of the molecule is O=C(Nc1cc(F)ccc1Cl)N1CC(S(=O)(=O)N2CCC(c3c[nH]c4ncccc34)CC2)C1. The van der Waals surface area contributed by atoms with Crippen molar-refractivity contribution in [2.75, 3.05) is 31.5 Å². The molecule has 0 radical (unpaired) electrons. The fourth-order valence-electron chi connectivity index (χ4n) is 4.53. The molecule has 5 rings (SSSR count). The van der Waals surface area contributed by atoms with Crippen LogP contribution in [0.1, 0.15) is 24.3 Å². The second kappa shape index (κ2) is 8.58. The molecule has 174 valence electrons. The van der Waals surface area contributed by atoms with Gasteiger partial charge in [0.05, 0.1) is 10.7 Å². The zero-order valence-corrected chi connectivity index (χ0v) is 19.2. The minimum Gasteiger partial charge on any atom is -0.346 e. The third kappa shape index (κ3) is 4.18. The summed E-state index contributed by atoms with van der Waals surface area (Å²) in [5.41, 5.74) is 2.18. The van der Waals surface area contributed by atoms with Crippen LogP contribution in [-0.4, -0.2) is 65.1 Å². The third-order valence-electron chi connectivity index (χ3n) is 6.46. The first-order valence-corrected chi connectivity index (χ1v) is 12.6. The molecule has 2 aromatic heterocycles. The number of amides is 2. The van der Waals surface area contributed by atoms with Crippen LogP contribution in [0.15, 0.2) is 42.7 Å². The van der Waals surface area contributed by atoms with Crippen molar-refractivity contribution >= 4 is 44.4 Å². The lowest BCUT2D eigenvalue weighted by molar-refractivity contribution is 0.179. The molecule has 2 aliphatic rings. The lowest BCUT2D eigenvalue weighted by Crippen LogP contribution is -2.61. The lowest BCUT2D eigenvalue weighted by atomic mass is 9.90. The molecule has 2 aliphatic heterocycles. The predicted octanol–water partition coefficient (Wildman–Crippen LogP) is 3.78. The molecule has 2 amide bonds. The van der Waals surface area contributed by atoms with E-state index in [0.29, 0.717) is 13.1 Å². The van der Waals surface area contributed by atoms with E-state index < -0.39 is 27.1 Å². The van der Waals surface area contributed by atoms with Gasteiger partial charge in [-0.25, -0.2) is 26.9 Å². The van der Waals surface area contributed by atoms with Crippen molar-refractivity contribution in [1.82, 2.24) is 19.2 Å². The summed E-state index contributed by atoms with van der Waals surface area (Å²) in [6, 6.07) is 7.11. The normalized spacial score (nSPS) is 18.4. The molecule has 1 aromatic carbocycles. The number of benzene rings is 1. The zero-order chi connectivity index (χ0) is 23.2. The minimum atomic E-state index is -3.51. The third-order valence-corrected chi connectivity index (χ3v) is 9.02. The Hall–Kier alpha value is -2.69. The highest BCUT2D eigenvalue weighted by Gasteiger charge is 2.44. The van der Waals surface area contributed by atoms with Gasteiger partial charge < -0.3 is 15.2 Å². The van der Waals surface area contributed by atoms with Gasteiger partial charge >= 0.3 is 6.03 Å². The Kier molecular flexibility index (Phi) is 5.75. The largest absolute Gasteiger partial charge is 0.346 e. The predicted molar refractivity (Wildman–Crippen MR) is 124 cm³/mol. The quantitative estimate of drug-likeness (QED) is 0.580. The topological polar surface area (TPSA) is 98.4 Å². The summed E-state index contributed by atoms with van der Waals surface area (Å²) in [7, 11) is -3.51. The Labute approximate surface area is 195 Å². The Balaban J connectivity index is 1.17. The molecular weight excluding hydrogens is 469 g/mol. The number of sulfonamides is 1. The number of rotatable bonds is 4. The Bertz CT molecular complexity index is 1300. The van der Waals surface area contributed by atoms with Gasteiger partial charge in [-0.2, -0.15) is 0 Å². The molecule has 33 heavy (non-hydrogen) atoms. The Morgan fingerprint density at radius 1 is 1.21 bits per heavy atom. The van der Waals surface area contributed by atoms with Crippen molar-refractivity contribution in [3.63, 3.8) is 0 Å². The van der Waals surface area contributed by atoms with Crippen LogP contribution >= 0.6 is 11.6 Å². The van der Waals surface area contributed by atoms with Crippen LogP contribution in [0.5, 0.6) is 0 Å². The fraction of sp³-hybridized carbons (Fsp3) is 0.364. The van der Waals surface area contributed by atoms with Gasteiger partial charge in [0.25, 0.3) is 0 Å². The molecule has 0 bridgehead atoms. The van der Waals surface area contributed by atoms with E-state index in [1.165, 1.54) is 22.6 Å². The smallest absolute Gasteiger partial charge is 0.321 e. The number of carbonyl (C=O) groups is 1. The summed E-state index contributed by atoms with van der Waals surface area (Å²) in [6.07, 6.45) is 5.18. The lowest BCUT2D eigenvalue weighted by Gasteiger charge is -2.42. The number of fused-ring (bicyclic) bond motifs is 1. The van der Waals surface area contributed by atoms with Crippen molar-refractivity contribution in [2.45, 2.75) is 24.0 Å². The number of aromatic amines is 1. The van der Waals surface area contributed by atoms with Crippen LogP contribution in [0.2, 0.25) is 5.02 Å². The van der Waals surface area contributed by atoms with E-state index in [2.05, 4.69) is 15.3 Å². The van der Waals surface area contributed by atoms with Gasteiger partial charge in [-0.3, -0.25) is 0 Å². The van der Waals surface area contributed by atoms with Crippen LogP contribution < -0.4 is 5.32 Å². The van der Waals surface area contributed by atoms with E-state index in [1.807, 2.05) is 18.3 Å². The number of hydrogen-bond donors (Lipinski definition) is 2. The van der Waals surface area contributed by atoms with Crippen LogP contribution in [0.4, 0.5) is 14.9 Å². The summed E-state index contributed by atoms with van der Waals surface area (Å²) < 4.78 is 41.1. The average molecular weight is 492 g/mol. The first-order valence-electron chi connectivity index (χ1n) is 10.7. The highest BCUT2D eigenvalue weighted by molar-refractivity contribution is 7.89. The number of anilines is 1. The molecule has 2 N–H and O–H groups in total. The number of hydrogen-bond acceptors (Lipinski definition) is 4. The molecule has 8 nitrogen and oxygen atoms in total. The first-order chi connectivity index (χ1) is 15.8. The molecule has 0 aliphatic carbocycles. The Morgan fingerprint density at radius 3 is 2.73 bits per heavy atom. The number of H-pyrrole nitrogens is 1. The highest BCUT2D eigenvalue weighted by atomic mass is 35.5. The second-order valence-electron chi connectivity index (χ2n) is 8.44. The van der Waals surface area contributed by atoms with Crippen molar-refractivity contribution in [1.29, 1.82) is 0 Å². The molecule has 0 unspecified atom stereocenters. The monoisotopic (exact) mass is 491 g/mol. The number of carbonyl (C=O) groups excluding carboxylic acids is 1.